The fraction of sp³-hybridized carbons (Fsp3) is 0.227. The summed E-state index contributed by atoms with van der Waals surface area (Å²) >= 11 is 6.11. The van der Waals surface area contributed by atoms with Gasteiger partial charge in [-0.05, 0) is 24.1 Å². The van der Waals surface area contributed by atoms with Crippen molar-refractivity contribution in [3.05, 3.63) is 65.0 Å². The summed E-state index contributed by atoms with van der Waals surface area (Å²) in [6.07, 6.45) is 3.23. The minimum Gasteiger partial charge on any atom is -0.487 e. The Labute approximate surface area is 188 Å². The molecule has 32 heavy (non-hydrogen) atoms. The number of halogens is 2. The summed E-state index contributed by atoms with van der Waals surface area (Å²) in [4.78, 5) is 39.4. The van der Waals surface area contributed by atoms with Gasteiger partial charge in [-0.2, -0.15) is 0 Å². The van der Waals surface area contributed by atoms with Gasteiger partial charge in [-0.3, -0.25) is 14.5 Å². The van der Waals surface area contributed by atoms with Gasteiger partial charge in [-0.15, -0.1) is 0 Å². The third-order valence-corrected chi connectivity index (χ3v) is 5.24. The van der Waals surface area contributed by atoms with E-state index in [4.69, 9.17) is 16.3 Å². The normalized spacial score (nSPS) is 15.6. The van der Waals surface area contributed by atoms with Gasteiger partial charge in [0.2, 0.25) is 5.82 Å². The molecule has 3 aromatic rings. The number of amides is 2. The van der Waals surface area contributed by atoms with Gasteiger partial charge >= 0.3 is 0 Å². The third-order valence-electron chi connectivity index (χ3n) is 5.00. The number of nitrogens with zero attached hydrogens (tertiary/aromatic N) is 4. The second-order valence-electron chi connectivity index (χ2n) is 7.14. The Balaban J connectivity index is 1.59. The molecule has 1 atom stereocenters. The second kappa shape index (κ2) is 8.88. The Kier molecular flexibility index (Phi) is 6.00. The van der Waals surface area contributed by atoms with Gasteiger partial charge in [0.15, 0.2) is 11.6 Å². The van der Waals surface area contributed by atoms with E-state index in [1.807, 2.05) is 13.0 Å². The van der Waals surface area contributed by atoms with Crippen LogP contribution in [0.2, 0.25) is 5.02 Å². The topological polar surface area (TPSA) is 97.3 Å². The van der Waals surface area contributed by atoms with Crippen LogP contribution in [0.3, 0.4) is 0 Å². The largest absolute Gasteiger partial charge is 0.487 e. The zero-order chi connectivity index (χ0) is 22.8. The second-order valence-corrected chi connectivity index (χ2v) is 7.58. The van der Waals surface area contributed by atoms with Crippen LogP contribution in [0, 0.1) is 5.82 Å². The first-order valence-corrected chi connectivity index (χ1v) is 10.2. The zero-order valence-electron chi connectivity index (χ0n) is 17.3. The molecule has 0 saturated heterocycles. The van der Waals surface area contributed by atoms with Crippen molar-refractivity contribution in [2.45, 2.75) is 19.4 Å². The van der Waals surface area contributed by atoms with Crippen molar-refractivity contribution in [1.82, 2.24) is 20.3 Å². The molecule has 10 heteroatoms. The van der Waals surface area contributed by atoms with E-state index in [0.717, 1.165) is 23.4 Å². The minimum atomic E-state index is -1.03. The molecule has 4 rings (SSSR count). The van der Waals surface area contributed by atoms with E-state index in [1.165, 1.54) is 11.9 Å². The molecular weight excluding hydrogens is 437 g/mol. The third kappa shape index (κ3) is 4.24. The average molecular weight is 456 g/mol. The number of carbonyl (C=O) groups is 2. The SMILES string of the molecule is CCc1cnc(C(=O)N[C@H]2COc3cc(F)cnc3N(C)C2=O)nc1-c1cccc(Cl)c1. The lowest BCUT2D eigenvalue weighted by Crippen LogP contribution is -2.49. The van der Waals surface area contributed by atoms with Crippen LogP contribution >= 0.6 is 11.6 Å². The molecule has 0 aliphatic carbocycles. The number of hydrogen-bond donors (Lipinski definition) is 1. The first kappa shape index (κ1) is 21.6. The maximum Gasteiger partial charge on any atom is 0.289 e. The predicted octanol–water partition coefficient (Wildman–Crippen LogP) is 3.05. The Morgan fingerprint density at radius 2 is 2.12 bits per heavy atom. The monoisotopic (exact) mass is 455 g/mol. The lowest BCUT2D eigenvalue weighted by atomic mass is 10.1. The van der Waals surface area contributed by atoms with Gasteiger partial charge in [0.1, 0.15) is 18.5 Å². The van der Waals surface area contributed by atoms with E-state index >= 15 is 0 Å². The maximum absolute atomic E-state index is 13.5. The molecule has 0 unspecified atom stereocenters. The highest BCUT2D eigenvalue weighted by molar-refractivity contribution is 6.30. The lowest BCUT2D eigenvalue weighted by molar-refractivity contribution is -0.120. The molecule has 0 bridgehead atoms. The smallest absolute Gasteiger partial charge is 0.289 e. The fourth-order valence-electron chi connectivity index (χ4n) is 3.34. The van der Waals surface area contributed by atoms with E-state index in [9.17, 15) is 14.0 Å². The fourth-order valence-corrected chi connectivity index (χ4v) is 3.53. The molecule has 1 aliphatic rings. The Morgan fingerprint density at radius 1 is 1.31 bits per heavy atom. The molecular formula is C22H19ClFN5O3. The molecule has 1 aromatic carbocycles. The highest BCUT2D eigenvalue weighted by Gasteiger charge is 2.32. The molecule has 0 fully saturated rings. The number of nitrogens with one attached hydrogen (secondary N) is 1. The molecule has 0 saturated carbocycles. The van der Waals surface area contributed by atoms with Crippen molar-refractivity contribution >= 4 is 29.2 Å². The van der Waals surface area contributed by atoms with Gasteiger partial charge in [0, 0.05) is 29.9 Å². The molecule has 0 spiro atoms. The van der Waals surface area contributed by atoms with Crippen LogP contribution < -0.4 is 15.0 Å². The number of likely N-dealkylation sites (N-methyl/N-ethyl adjacent to an activating group) is 1. The van der Waals surface area contributed by atoms with Gasteiger partial charge in [-0.1, -0.05) is 30.7 Å². The van der Waals surface area contributed by atoms with E-state index in [0.29, 0.717) is 17.1 Å². The van der Waals surface area contributed by atoms with Crippen LogP contribution in [0.25, 0.3) is 11.3 Å². The molecule has 1 aliphatic heterocycles. The van der Waals surface area contributed by atoms with Gasteiger partial charge in [-0.25, -0.2) is 19.3 Å². The summed E-state index contributed by atoms with van der Waals surface area (Å²) in [5.41, 5.74) is 2.19. The number of fused-ring (bicyclic) bond motifs is 1. The van der Waals surface area contributed by atoms with E-state index in [2.05, 4.69) is 20.3 Å². The summed E-state index contributed by atoms with van der Waals surface area (Å²) < 4.78 is 19.0. The van der Waals surface area contributed by atoms with Crippen molar-refractivity contribution in [3.63, 3.8) is 0 Å². The van der Waals surface area contributed by atoms with Crippen LogP contribution in [-0.2, 0) is 11.2 Å². The Bertz CT molecular complexity index is 1210. The number of hydrogen-bond acceptors (Lipinski definition) is 6. The van der Waals surface area contributed by atoms with Crippen LogP contribution in [0.5, 0.6) is 5.75 Å². The summed E-state index contributed by atoms with van der Waals surface area (Å²) in [5.74, 6) is -1.51. The highest BCUT2D eigenvalue weighted by atomic mass is 35.5. The number of ether oxygens (including phenoxy) is 1. The van der Waals surface area contributed by atoms with Crippen molar-refractivity contribution in [2.24, 2.45) is 0 Å². The Morgan fingerprint density at radius 3 is 2.88 bits per heavy atom. The first-order chi connectivity index (χ1) is 15.4. The molecule has 0 radical (unpaired) electrons. The van der Waals surface area contributed by atoms with Crippen molar-refractivity contribution in [3.8, 4) is 17.0 Å². The summed E-state index contributed by atoms with van der Waals surface area (Å²) in [6, 6.07) is 7.25. The molecule has 1 N–H and O–H groups in total. The number of aromatic nitrogens is 3. The number of carbonyl (C=O) groups excluding carboxylic acids is 2. The van der Waals surface area contributed by atoms with E-state index in [-0.39, 0.29) is 24.0 Å². The number of benzene rings is 1. The predicted molar refractivity (Wildman–Crippen MR) is 116 cm³/mol. The zero-order valence-corrected chi connectivity index (χ0v) is 18.1. The minimum absolute atomic E-state index is 0.0986. The summed E-state index contributed by atoms with van der Waals surface area (Å²) in [5, 5.41) is 3.15. The van der Waals surface area contributed by atoms with Crippen LogP contribution in [0.15, 0.2) is 42.7 Å². The van der Waals surface area contributed by atoms with E-state index < -0.39 is 23.7 Å². The number of aryl methyl sites for hydroxylation is 1. The maximum atomic E-state index is 13.5. The standard InChI is InChI=1S/C22H19ClFN5O3/c1-3-12-9-25-19(28-18(12)13-5-4-6-14(23)7-13)21(30)27-16-11-32-17-8-15(24)10-26-20(17)29(2)22(16)31/h4-10,16H,3,11H2,1-2H3,(H,27,30)/t16-/m0/s1. The van der Waals surface area contributed by atoms with Crippen LogP contribution in [0.1, 0.15) is 23.1 Å². The molecule has 3 heterocycles. The summed E-state index contributed by atoms with van der Waals surface area (Å²) in [7, 11) is 1.48. The first-order valence-electron chi connectivity index (χ1n) is 9.86. The van der Waals surface area contributed by atoms with Crippen LogP contribution in [0.4, 0.5) is 10.2 Å². The molecule has 2 amide bonds. The Hall–Kier alpha value is -3.59. The van der Waals surface area contributed by atoms with E-state index in [1.54, 1.807) is 24.4 Å². The average Bonchev–Trinajstić information content (AvgIpc) is 2.90. The highest BCUT2D eigenvalue weighted by Crippen LogP contribution is 2.29. The lowest BCUT2D eigenvalue weighted by Gasteiger charge is -2.19. The molecule has 8 nitrogen and oxygen atoms in total. The van der Waals surface area contributed by atoms with Crippen LogP contribution in [-0.4, -0.2) is 46.5 Å². The molecule has 164 valence electrons. The number of anilines is 1. The summed E-state index contributed by atoms with van der Waals surface area (Å²) in [6.45, 7) is 1.76. The van der Waals surface area contributed by atoms with Gasteiger partial charge < -0.3 is 10.1 Å². The van der Waals surface area contributed by atoms with Gasteiger partial charge in [0.25, 0.3) is 11.8 Å². The van der Waals surface area contributed by atoms with Gasteiger partial charge in [0.05, 0.1) is 11.9 Å². The number of rotatable bonds is 4. The quantitative estimate of drug-likeness (QED) is 0.649. The molecule has 2 aromatic heterocycles. The number of pyridine rings is 1. The van der Waals surface area contributed by atoms with Crippen molar-refractivity contribution in [2.75, 3.05) is 18.6 Å². The van der Waals surface area contributed by atoms with Crippen molar-refractivity contribution < 1.29 is 18.7 Å². The van der Waals surface area contributed by atoms with Crippen molar-refractivity contribution in [1.29, 1.82) is 0 Å².